The molecule has 0 aliphatic rings. The van der Waals surface area contributed by atoms with Crippen LogP contribution in [-0.2, 0) is 32.3 Å². The third-order valence-corrected chi connectivity index (χ3v) is 6.69. The molecule has 36 heavy (non-hydrogen) atoms. The van der Waals surface area contributed by atoms with Crippen LogP contribution in [0.2, 0.25) is 0 Å². The molecule has 1 unspecified atom stereocenters. The summed E-state index contributed by atoms with van der Waals surface area (Å²) in [7, 11) is -4.14. The number of carbonyl (C=O) groups is 2. The summed E-state index contributed by atoms with van der Waals surface area (Å²) < 4.78 is 65.5. The molecule has 1 atom stereocenters. The Morgan fingerprint density at radius 1 is 1.06 bits per heavy atom. The van der Waals surface area contributed by atoms with E-state index in [9.17, 15) is 31.2 Å². The lowest BCUT2D eigenvalue weighted by molar-refractivity contribution is -0.140. The van der Waals surface area contributed by atoms with Crippen molar-refractivity contribution in [3.05, 3.63) is 65.2 Å². The summed E-state index contributed by atoms with van der Waals surface area (Å²) in [6, 6.07) is 10.2. The van der Waals surface area contributed by atoms with Crippen LogP contribution >= 0.6 is 0 Å². The maximum absolute atomic E-state index is 13.5. The van der Waals surface area contributed by atoms with Crippen LogP contribution in [0.1, 0.15) is 43.4 Å². The van der Waals surface area contributed by atoms with Crippen molar-refractivity contribution < 1.29 is 31.2 Å². The van der Waals surface area contributed by atoms with Gasteiger partial charge in [-0.25, -0.2) is 8.42 Å². The minimum atomic E-state index is -4.69. The van der Waals surface area contributed by atoms with Crippen molar-refractivity contribution in [3.63, 3.8) is 0 Å². The Morgan fingerprint density at radius 3 is 2.22 bits per heavy atom. The van der Waals surface area contributed by atoms with E-state index in [-0.39, 0.29) is 24.6 Å². The molecule has 0 aliphatic carbocycles. The topological polar surface area (TPSA) is 86.8 Å². The molecule has 2 amide bonds. The SMILES string of the molecule is CCCNC(=O)C(CC)N(Cc1ccc(C)cc1)C(=O)CN(c1cccc(C(F)(F)F)c1)S(C)(=O)=O. The molecule has 0 saturated carbocycles. The predicted octanol–water partition coefficient (Wildman–Crippen LogP) is 4.11. The summed E-state index contributed by atoms with van der Waals surface area (Å²) >= 11 is 0. The second-order valence-electron chi connectivity index (χ2n) is 8.54. The van der Waals surface area contributed by atoms with Gasteiger partial charge in [-0.1, -0.05) is 49.7 Å². The van der Waals surface area contributed by atoms with E-state index in [1.807, 2.05) is 26.0 Å². The number of nitrogens with one attached hydrogen (secondary N) is 1. The van der Waals surface area contributed by atoms with E-state index in [0.29, 0.717) is 23.3 Å². The summed E-state index contributed by atoms with van der Waals surface area (Å²) in [5, 5.41) is 2.76. The van der Waals surface area contributed by atoms with Gasteiger partial charge in [-0.2, -0.15) is 13.2 Å². The van der Waals surface area contributed by atoms with Gasteiger partial charge in [0.15, 0.2) is 0 Å². The third kappa shape index (κ3) is 7.97. The zero-order valence-electron chi connectivity index (χ0n) is 20.8. The number of alkyl halides is 3. The summed E-state index contributed by atoms with van der Waals surface area (Å²) in [4.78, 5) is 27.7. The molecule has 0 aliphatic heterocycles. The Kier molecular flexibility index (Phi) is 9.92. The Labute approximate surface area is 210 Å². The highest BCUT2D eigenvalue weighted by Gasteiger charge is 2.34. The molecule has 2 aromatic carbocycles. The molecular weight excluding hydrogens is 495 g/mol. The number of sulfonamides is 1. The zero-order chi connectivity index (χ0) is 27.1. The Morgan fingerprint density at radius 2 is 1.69 bits per heavy atom. The van der Waals surface area contributed by atoms with Crippen molar-refractivity contribution in [2.75, 3.05) is 23.7 Å². The van der Waals surface area contributed by atoms with Crippen molar-refractivity contribution in [3.8, 4) is 0 Å². The van der Waals surface area contributed by atoms with Crippen LogP contribution in [0.15, 0.2) is 48.5 Å². The monoisotopic (exact) mass is 527 g/mol. The number of benzene rings is 2. The highest BCUT2D eigenvalue weighted by Crippen LogP contribution is 2.32. The van der Waals surface area contributed by atoms with Gasteiger partial charge >= 0.3 is 6.18 Å². The van der Waals surface area contributed by atoms with Gasteiger partial charge in [-0.15, -0.1) is 0 Å². The molecule has 0 heterocycles. The van der Waals surface area contributed by atoms with Gasteiger partial charge in [0, 0.05) is 13.1 Å². The number of hydrogen-bond donors (Lipinski definition) is 1. The Hall–Kier alpha value is -3.08. The van der Waals surface area contributed by atoms with E-state index in [1.165, 1.54) is 11.0 Å². The molecular formula is C25H32F3N3O4S. The van der Waals surface area contributed by atoms with Crippen LogP contribution < -0.4 is 9.62 Å². The number of aryl methyl sites for hydroxylation is 1. The number of hydrogen-bond acceptors (Lipinski definition) is 4. The average molecular weight is 528 g/mol. The van der Waals surface area contributed by atoms with Gasteiger partial charge in [-0.05, 0) is 43.5 Å². The van der Waals surface area contributed by atoms with E-state index < -0.39 is 40.3 Å². The minimum Gasteiger partial charge on any atom is -0.354 e. The quantitative estimate of drug-likeness (QED) is 0.477. The first-order chi connectivity index (χ1) is 16.8. The van der Waals surface area contributed by atoms with Crippen LogP contribution in [0, 0.1) is 6.92 Å². The molecule has 198 valence electrons. The number of halogens is 3. The fraction of sp³-hybridized carbons (Fsp3) is 0.440. The number of anilines is 1. The number of rotatable bonds is 11. The summed E-state index contributed by atoms with van der Waals surface area (Å²) in [5.41, 5.74) is 0.389. The van der Waals surface area contributed by atoms with Crippen LogP contribution in [0.25, 0.3) is 0 Å². The van der Waals surface area contributed by atoms with Crippen LogP contribution in [-0.4, -0.2) is 50.5 Å². The average Bonchev–Trinajstić information content (AvgIpc) is 2.80. The van der Waals surface area contributed by atoms with E-state index in [0.717, 1.165) is 29.5 Å². The molecule has 0 bridgehead atoms. The lowest BCUT2D eigenvalue weighted by Crippen LogP contribution is -2.52. The first-order valence-electron chi connectivity index (χ1n) is 11.6. The van der Waals surface area contributed by atoms with Gasteiger partial charge in [0.25, 0.3) is 0 Å². The molecule has 11 heteroatoms. The molecule has 0 saturated heterocycles. The molecule has 2 aromatic rings. The van der Waals surface area contributed by atoms with Gasteiger partial charge in [0.05, 0.1) is 17.5 Å². The van der Waals surface area contributed by atoms with Crippen molar-refractivity contribution in [1.29, 1.82) is 0 Å². The lowest BCUT2D eigenvalue weighted by atomic mass is 10.1. The molecule has 0 radical (unpaired) electrons. The number of nitrogens with zero attached hydrogens (tertiary/aromatic N) is 2. The van der Waals surface area contributed by atoms with E-state index >= 15 is 0 Å². The summed E-state index contributed by atoms with van der Waals surface area (Å²) in [5.74, 6) is -1.10. The first-order valence-corrected chi connectivity index (χ1v) is 13.4. The van der Waals surface area contributed by atoms with Crippen molar-refractivity contribution >= 4 is 27.5 Å². The fourth-order valence-corrected chi connectivity index (χ4v) is 4.47. The predicted molar refractivity (Wildman–Crippen MR) is 133 cm³/mol. The van der Waals surface area contributed by atoms with Gasteiger partial charge in [0.1, 0.15) is 12.6 Å². The van der Waals surface area contributed by atoms with Crippen molar-refractivity contribution in [2.24, 2.45) is 0 Å². The highest BCUT2D eigenvalue weighted by atomic mass is 32.2. The molecule has 1 N–H and O–H groups in total. The van der Waals surface area contributed by atoms with Crippen molar-refractivity contribution in [2.45, 2.75) is 52.4 Å². The number of carbonyl (C=O) groups excluding carboxylic acids is 2. The number of amides is 2. The fourth-order valence-electron chi connectivity index (χ4n) is 3.63. The first kappa shape index (κ1) is 29.2. The highest BCUT2D eigenvalue weighted by molar-refractivity contribution is 7.92. The smallest absolute Gasteiger partial charge is 0.354 e. The second kappa shape index (κ2) is 12.2. The largest absolute Gasteiger partial charge is 0.416 e. The van der Waals surface area contributed by atoms with Crippen LogP contribution in [0.4, 0.5) is 18.9 Å². The van der Waals surface area contributed by atoms with Crippen LogP contribution in [0.5, 0.6) is 0 Å². The van der Waals surface area contributed by atoms with Crippen LogP contribution in [0.3, 0.4) is 0 Å². The molecule has 0 spiro atoms. The second-order valence-corrected chi connectivity index (χ2v) is 10.4. The molecule has 0 fully saturated rings. The van der Waals surface area contributed by atoms with E-state index in [2.05, 4.69) is 5.32 Å². The zero-order valence-corrected chi connectivity index (χ0v) is 21.6. The van der Waals surface area contributed by atoms with E-state index in [4.69, 9.17) is 0 Å². The standard InChI is InChI=1S/C25H32F3N3O4S/c1-5-14-29-24(33)22(6-2)30(16-19-12-10-18(3)11-13-19)23(32)17-31(36(4,34)35)21-9-7-8-20(15-21)25(26,27)28/h7-13,15,22H,5-6,14,16-17H2,1-4H3,(H,29,33). The lowest BCUT2D eigenvalue weighted by Gasteiger charge is -2.33. The third-order valence-electron chi connectivity index (χ3n) is 5.55. The summed E-state index contributed by atoms with van der Waals surface area (Å²) in [6.45, 7) is 5.18. The maximum atomic E-state index is 13.5. The summed E-state index contributed by atoms with van der Waals surface area (Å²) in [6.07, 6.45) is -2.93. The molecule has 7 nitrogen and oxygen atoms in total. The molecule has 2 rings (SSSR count). The maximum Gasteiger partial charge on any atom is 0.416 e. The molecule has 0 aromatic heterocycles. The van der Waals surface area contributed by atoms with Crippen molar-refractivity contribution in [1.82, 2.24) is 10.2 Å². The minimum absolute atomic E-state index is 0.0252. The van der Waals surface area contributed by atoms with Gasteiger partial charge < -0.3 is 10.2 Å². The van der Waals surface area contributed by atoms with Gasteiger partial charge in [0.2, 0.25) is 21.8 Å². The van der Waals surface area contributed by atoms with E-state index in [1.54, 1.807) is 19.1 Å². The Balaban J connectivity index is 2.46. The normalized spacial score (nSPS) is 12.6. The Bertz CT molecular complexity index is 1150. The van der Waals surface area contributed by atoms with Gasteiger partial charge in [-0.3, -0.25) is 13.9 Å².